The zero-order valence-corrected chi connectivity index (χ0v) is 21.1. The van der Waals surface area contributed by atoms with E-state index in [4.69, 9.17) is 9.47 Å². The van der Waals surface area contributed by atoms with Crippen LogP contribution in [0.4, 0.5) is 11.4 Å². The Bertz CT molecular complexity index is 1410. The molecule has 2 N–H and O–H groups in total. The standard InChI is InChI=1S/C28H30N2O4S/c1-17-8-9-18(2)26(14-17)30-35(31,32)20-11-13-25-24(16-20)21-6-5-7-22(21)28(29-25)23-12-10-19(33-3)15-27(23)34-4/h5-6,8-16,21-22,28-30H,7H2,1-4H3/t21-,22+,28-/m0/s1. The van der Waals surface area contributed by atoms with Crippen LogP contribution in [0.3, 0.4) is 0 Å². The molecule has 0 aromatic heterocycles. The van der Waals surface area contributed by atoms with Crippen molar-refractivity contribution in [2.24, 2.45) is 5.92 Å². The molecular weight excluding hydrogens is 460 g/mol. The number of ether oxygens (including phenoxy) is 2. The number of hydrogen-bond donors (Lipinski definition) is 2. The molecule has 0 saturated heterocycles. The van der Waals surface area contributed by atoms with Gasteiger partial charge in [0.1, 0.15) is 11.5 Å². The molecule has 1 heterocycles. The number of methoxy groups -OCH3 is 2. The second-order valence-electron chi connectivity index (χ2n) is 9.26. The summed E-state index contributed by atoms with van der Waals surface area (Å²) in [5, 5.41) is 3.67. The van der Waals surface area contributed by atoms with Crippen molar-refractivity contribution in [2.45, 2.75) is 37.1 Å². The second-order valence-corrected chi connectivity index (χ2v) is 10.9. The second kappa shape index (κ2) is 8.96. The van der Waals surface area contributed by atoms with Gasteiger partial charge < -0.3 is 14.8 Å². The van der Waals surface area contributed by atoms with Gasteiger partial charge in [-0.05, 0) is 79.3 Å². The van der Waals surface area contributed by atoms with Gasteiger partial charge in [-0.15, -0.1) is 0 Å². The highest BCUT2D eigenvalue weighted by molar-refractivity contribution is 7.92. The molecule has 3 aromatic rings. The van der Waals surface area contributed by atoms with Crippen LogP contribution in [0.5, 0.6) is 11.5 Å². The maximum Gasteiger partial charge on any atom is 0.261 e. The predicted molar refractivity (Wildman–Crippen MR) is 139 cm³/mol. The molecule has 182 valence electrons. The van der Waals surface area contributed by atoms with E-state index in [1.54, 1.807) is 20.3 Å². The van der Waals surface area contributed by atoms with Crippen LogP contribution in [0.15, 0.2) is 71.6 Å². The van der Waals surface area contributed by atoms with E-state index in [-0.39, 0.29) is 22.8 Å². The summed E-state index contributed by atoms with van der Waals surface area (Å²) < 4.78 is 40.4. The molecule has 0 saturated carbocycles. The zero-order valence-electron chi connectivity index (χ0n) is 20.3. The Labute approximate surface area is 207 Å². The molecule has 3 atom stereocenters. The molecular formula is C28H30N2O4S. The van der Waals surface area contributed by atoms with E-state index in [9.17, 15) is 8.42 Å². The van der Waals surface area contributed by atoms with Crippen LogP contribution in [-0.2, 0) is 10.0 Å². The Morgan fingerprint density at radius 3 is 2.54 bits per heavy atom. The minimum absolute atomic E-state index is 0.0267. The Balaban J connectivity index is 1.50. The van der Waals surface area contributed by atoms with Crippen LogP contribution >= 0.6 is 0 Å². The molecule has 35 heavy (non-hydrogen) atoms. The quantitative estimate of drug-likeness (QED) is 0.418. The highest BCUT2D eigenvalue weighted by atomic mass is 32.2. The number of rotatable bonds is 6. The fourth-order valence-electron chi connectivity index (χ4n) is 5.17. The van der Waals surface area contributed by atoms with Crippen LogP contribution in [0.25, 0.3) is 0 Å². The zero-order chi connectivity index (χ0) is 24.7. The summed E-state index contributed by atoms with van der Waals surface area (Å²) in [7, 11) is -0.428. The van der Waals surface area contributed by atoms with Gasteiger partial charge in [-0.1, -0.05) is 24.3 Å². The van der Waals surface area contributed by atoms with Crippen molar-refractivity contribution < 1.29 is 17.9 Å². The van der Waals surface area contributed by atoms with Crippen molar-refractivity contribution in [2.75, 3.05) is 24.3 Å². The molecule has 0 fully saturated rings. The molecule has 1 aliphatic carbocycles. The SMILES string of the molecule is COc1ccc([C@H]2Nc3ccc(S(=O)(=O)Nc4cc(C)ccc4C)cc3[C@H]3C=CC[C@H]32)c(OC)c1. The van der Waals surface area contributed by atoms with E-state index >= 15 is 0 Å². The Morgan fingerprint density at radius 1 is 0.943 bits per heavy atom. The summed E-state index contributed by atoms with van der Waals surface area (Å²) in [5.74, 6) is 1.87. The van der Waals surface area contributed by atoms with Gasteiger partial charge in [0.15, 0.2) is 0 Å². The third kappa shape index (κ3) is 4.25. The van der Waals surface area contributed by atoms with Gasteiger partial charge in [-0.25, -0.2) is 8.42 Å². The lowest BCUT2D eigenvalue weighted by molar-refractivity contribution is 0.372. The fourth-order valence-corrected chi connectivity index (χ4v) is 6.33. The summed E-state index contributed by atoms with van der Waals surface area (Å²) in [4.78, 5) is 0.262. The topological polar surface area (TPSA) is 76.7 Å². The van der Waals surface area contributed by atoms with Crippen LogP contribution in [0, 0.1) is 19.8 Å². The van der Waals surface area contributed by atoms with Crippen molar-refractivity contribution >= 4 is 21.4 Å². The average Bonchev–Trinajstić information content (AvgIpc) is 3.35. The number of sulfonamides is 1. The van der Waals surface area contributed by atoms with E-state index in [2.05, 4.69) is 22.2 Å². The third-order valence-corrected chi connectivity index (χ3v) is 8.42. The molecule has 3 aromatic carbocycles. The van der Waals surface area contributed by atoms with Gasteiger partial charge in [0.2, 0.25) is 0 Å². The lowest BCUT2D eigenvalue weighted by Crippen LogP contribution is -2.29. The molecule has 0 unspecified atom stereocenters. The van der Waals surface area contributed by atoms with Gasteiger partial charge in [-0.2, -0.15) is 0 Å². The number of aryl methyl sites for hydroxylation is 2. The van der Waals surface area contributed by atoms with Crippen molar-refractivity contribution in [1.82, 2.24) is 0 Å². The first-order valence-corrected chi connectivity index (χ1v) is 13.2. The highest BCUT2D eigenvalue weighted by Crippen LogP contribution is 2.51. The van der Waals surface area contributed by atoms with Gasteiger partial charge in [-0.3, -0.25) is 4.72 Å². The minimum Gasteiger partial charge on any atom is -0.497 e. The number of anilines is 2. The number of fused-ring (bicyclic) bond motifs is 3. The number of benzene rings is 3. The third-order valence-electron chi connectivity index (χ3n) is 7.06. The molecule has 5 rings (SSSR count). The van der Waals surface area contributed by atoms with Gasteiger partial charge in [0, 0.05) is 23.2 Å². The molecule has 7 heteroatoms. The summed E-state index contributed by atoms with van der Waals surface area (Å²) >= 11 is 0. The fraction of sp³-hybridized carbons (Fsp3) is 0.286. The molecule has 2 aliphatic rings. The van der Waals surface area contributed by atoms with Crippen LogP contribution < -0.4 is 19.5 Å². The smallest absolute Gasteiger partial charge is 0.261 e. The molecule has 0 amide bonds. The first kappa shape index (κ1) is 23.3. The summed E-state index contributed by atoms with van der Waals surface area (Å²) in [6.07, 6.45) is 5.28. The molecule has 0 radical (unpaired) electrons. The Hall–Kier alpha value is -3.45. The number of allylic oxidation sites excluding steroid dienone is 2. The van der Waals surface area contributed by atoms with Crippen molar-refractivity contribution in [3.8, 4) is 11.5 Å². The minimum atomic E-state index is -3.73. The highest BCUT2D eigenvalue weighted by Gasteiger charge is 2.39. The van der Waals surface area contributed by atoms with Crippen molar-refractivity contribution in [3.63, 3.8) is 0 Å². The Morgan fingerprint density at radius 2 is 1.77 bits per heavy atom. The lowest BCUT2D eigenvalue weighted by Gasteiger charge is -2.38. The normalized spacial score (nSPS) is 20.5. The summed E-state index contributed by atoms with van der Waals surface area (Å²) in [6, 6.07) is 17.0. The summed E-state index contributed by atoms with van der Waals surface area (Å²) in [6.45, 7) is 3.85. The van der Waals surface area contributed by atoms with Gasteiger partial charge in [0.25, 0.3) is 10.0 Å². The maximum absolute atomic E-state index is 13.3. The average molecular weight is 491 g/mol. The molecule has 6 nitrogen and oxygen atoms in total. The predicted octanol–water partition coefficient (Wildman–Crippen LogP) is 5.95. The van der Waals surface area contributed by atoms with Gasteiger partial charge in [0.05, 0.1) is 30.8 Å². The largest absolute Gasteiger partial charge is 0.497 e. The Kier molecular flexibility index (Phi) is 5.97. The maximum atomic E-state index is 13.3. The van der Waals surface area contributed by atoms with E-state index < -0.39 is 10.0 Å². The van der Waals surface area contributed by atoms with E-state index in [1.165, 1.54) is 0 Å². The van der Waals surface area contributed by atoms with Crippen molar-refractivity contribution in [3.05, 3.63) is 89.0 Å². The molecule has 1 aliphatic heterocycles. The number of hydrogen-bond acceptors (Lipinski definition) is 5. The molecule has 0 spiro atoms. The van der Waals surface area contributed by atoms with E-state index in [1.807, 2.05) is 62.4 Å². The monoisotopic (exact) mass is 490 g/mol. The first-order valence-electron chi connectivity index (χ1n) is 11.7. The van der Waals surface area contributed by atoms with Crippen molar-refractivity contribution in [1.29, 1.82) is 0 Å². The first-order chi connectivity index (χ1) is 16.8. The lowest BCUT2D eigenvalue weighted by atomic mass is 9.77. The van der Waals surface area contributed by atoms with E-state index in [0.29, 0.717) is 5.69 Å². The number of nitrogens with one attached hydrogen (secondary N) is 2. The van der Waals surface area contributed by atoms with Gasteiger partial charge >= 0.3 is 0 Å². The van der Waals surface area contributed by atoms with Crippen LogP contribution in [0.2, 0.25) is 0 Å². The van der Waals surface area contributed by atoms with Crippen LogP contribution in [0.1, 0.15) is 40.6 Å². The van der Waals surface area contributed by atoms with Crippen LogP contribution in [-0.4, -0.2) is 22.6 Å². The molecule has 0 bridgehead atoms. The van der Waals surface area contributed by atoms with E-state index in [0.717, 1.165) is 45.9 Å². The summed E-state index contributed by atoms with van der Waals surface area (Å²) in [5.41, 5.74) is 5.48.